The fourth-order valence-corrected chi connectivity index (χ4v) is 2.53. The van der Waals surface area contributed by atoms with Gasteiger partial charge in [-0.3, -0.25) is 0 Å². The van der Waals surface area contributed by atoms with E-state index >= 15 is 0 Å². The van der Waals surface area contributed by atoms with E-state index < -0.39 is 5.60 Å². The second-order valence-corrected chi connectivity index (χ2v) is 6.50. The number of methoxy groups -OCH3 is 2. The molecule has 3 aromatic rings. The second kappa shape index (κ2) is 7.25. The molecular formula is C19H19ClN2O4. The van der Waals surface area contributed by atoms with E-state index in [1.165, 1.54) is 0 Å². The van der Waals surface area contributed by atoms with Gasteiger partial charge in [0.05, 0.1) is 14.2 Å². The molecule has 7 heteroatoms. The van der Waals surface area contributed by atoms with E-state index in [0.29, 0.717) is 34.0 Å². The van der Waals surface area contributed by atoms with Crippen LogP contribution in [-0.2, 0) is 5.60 Å². The smallest absolute Gasteiger partial charge is 0.270 e. The first-order valence-corrected chi connectivity index (χ1v) is 8.32. The van der Waals surface area contributed by atoms with Crippen LogP contribution >= 0.6 is 11.6 Å². The standard InChI is InChI=1S/C19H19ClN2O4/c1-19(2,25-14-8-6-13(20)7-9-14)18-21-17(22-26-18)12-5-10-15(23-3)16(11-12)24-4/h5-11H,1-4H3. The quantitative estimate of drug-likeness (QED) is 0.621. The van der Waals surface area contributed by atoms with Crippen LogP contribution < -0.4 is 14.2 Å². The Morgan fingerprint density at radius 2 is 1.65 bits per heavy atom. The summed E-state index contributed by atoms with van der Waals surface area (Å²) < 4.78 is 22.0. The molecule has 6 nitrogen and oxygen atoms in total. The van der Waals surface area contributed by atoms with Crippen molar-refractivity contribution in [3.05, 3.63) is 53.4 Å². The van der Waals surface area contributed by atoms with Crippen LogP contribution in [0.5, 0.6) is 17.2 Å². The van der Waals surface area contributed by atoms with Gasteiger partial charge in [0, 0.05) is 10.6 Å². The topological polar surface area (TPSA) is 66.6 Å². The molecule has 0 bridgehead atoms. The van der Waals surface area contributed by atoms with Gasteiger partial charge in [0.15, 0.2) is 17.1 Å². The molecule has 0 amide bonds. The highest BCUT2D eigenvalue weighted by molar-refractivity contribution is 6.30. The Morgan fingerprint density at radius 3 is 2.31 bits per heavy atom. The Kier molecular flexibility index (Phi) is 5.04. The fraction of sp³-hybridized carbons (Fsp3) is 0.263. The van der Waals surface area contributed by atoms with Gasteiger partial charge in [-0.1, -0.05) is 16.8 Å². The minimum atomic E-state index is -0.810. The second-order valence-electron chi connectivity index (χ2n) is 6.06. The highest BCUT2D eigenvalue weighted by atomic mass is 35.5. The van der Waals surface area contributed by atoms with Crippen LogP contribution in [0.2, 0.25) is 5.02 Å². The number of benzene rings is 2. The SMILES string of the molecule is COc1ccc(-c2noc(C(C)(C)Oc3ccc(Cl)cc3)n2)cc1OC. The van der Waals surface area contributed by atoms with Gasteiger partial charge in [0.1, 0.15) is 5.75 Å². The van der Waals surface area contributed by atoms with Crippen LogP contribution in [0, 0.1) is 0 Å². The van der Waals surface area contributed by atoms with Crippen molar-refractivity contribution in [3.8, 4) is 28.6 Å². The van der Waals surface area contributed by atoms with E-state index in [4.69, 9.17) is 30.3 Å². The highest BCUT2D eigenvalue weighted by Gasteiger charge is 2.30. The molecule has 0 fully saturated rings. The molecule has 0 aliphatic carbocycles. The van der Waals surface area contributed by atoms with Gasteiger partial charge in [0.25, 0.3) is 5.89 Å². The molecular weight excluding hydrogens is 356 g/mol. The van der Waals surface area contributed by atoms with Crippen molar-refractivity contribution in [2.24, 2.45) is 0 Å². The first kappa shape index (κ1) is 18.1. The zero-order chi connectivity index (χ0) is 18.7. The van der Waals surface area contributed by atoms with Crippen LogP contribution in [0.3, 0.4) is 0 Å². The molecule has 0 aliphatic heterocycles. The van der Waals surface area contributed by atoms with Gasteiger partial charge in [-0.25, -0.2) is 0 Å². The summed E-state index contributed by atoms with van der Waals surface area (Å²) in [6, 6.07) is 12.5. The number of rotatable bonds is 6. The van der Waals surface area contributed by atoms with E-state index in [9.17, 15) is 0 Å². The molecule has 0 unspecified atom stereocenters. The maximum absolute atomic E-state index is 5.97. The van der Waals surface area contributed by atoms with Crippen LogP contribution in [0.4, 0.5) is 0 Å². The summed E-state index contributed by atoms with van der Waals surface area (Å²) >= 11 is 5.90. The first-order valence-electron chi connectivity index (χ1n) is 7.94. The van der Waals surface area contributed by atoms with Crippen molar-refractivity contribution in [1.82, 2.24) is 10.1 Å². The molecule has 0 saturated heterocycles. The number of halogens is 1. The predicted octanol–water partition coefficient (Wildman–Crippen LogP) is 4.72. The highest BCUT2D eigenvalue weighted by Crippen LogP contribution is 2.33. The Hall–Kier alpha value is -2.73. The molecule has 0 N–H and O–H groups in total. The van der Waals surface area contributed by atoms with Gasteiger partial charge in [-0.2, -0.15) is 4.98 Å². The zero-order valence-electron chi connectivity index (χ0n) is 14.9. The first-order chi connectivity index (χ1) is 12.4. The molecule has 2 aromatic carbocycles. The summed E-state index contributed by atoms with van der Waals surface area (Å²) in [5, 5.41) is 4.70. The van der Waals surface area contributed by atoms with E-state index in [-0.39, 0.29) is 0 Å². The fourth-order valence-electron chi connectivity index (χ4n) is 2.40. The minimum absolute atomic E-state index is 0.359. The van der Waals surface area contributed by atoms with Crippen molar-refractivity contribution >= 4 is 11.6 Å². The van der Waals surface area contributed by atoms with Gasteiger partial charge >= 0.3 is 0 Å². The van der Waals surface area contributed by atoms with E-state index in [2.05, 4.69) is 10.1 Å². The summed E-state index contributed by atoms with van der Waals surface area (Å²) in [4.78, 5) is 4.47. The monoisotopic (exact) mass is 374 g/mol. The third-order valence-electron chi connectivity index (χ3n) is 3.77. The molecule has 0 saturated carbocycles. The van der Waals surface area contributed by atoms with Crippen molar-refractivity contribution in [1.29, 1.82) is 0 Å². The predicted molar refractivity (Wildman–Crippen MR) is 97.9 cm³/mol. The molecule has 0 radical (unpaired) electrons. The summed E-state index contributed by atoms with van der Waals surface area (Å²) in [7, 11) is 3.16. The molecule has 0 spiro atoms. The lowest BCUT2D eigenvalue weighted by Crippen LogP contribution is -2.25. The largest absolute Gasteiger partial charge is 0.493 e. The van der Waals surface area contributed by atoms with Crippen molar-refractivity contribution in [2.45, 2.75) is 19.4 Å². The molecule has 26 heavy (non-hydrogen) atoms. The molecule has 0 atom stereocenters. The number of hydrogen-bond acceptors (Lipinski definition) is 6. The zero-order valence-corrected chi connectivity index (χ0v) is 15.7. The maximum atomic E-state index is 5.97. The van der Waals surface area contributed by atoms with E-state index in [1.54, 1.807) is 50.6 Å². The Bertz CT molecular complexity index is 891. The molecule has 136 valence electrons. The van der Waals surface area contributed by atoms with E-state index in [0.717, 1.165) is 5.56 Å². The summed E-state index contributed by atoms with van der Waals surface area (Å²) in [5.74, 6) is 2.68. The average molecular weight is 375 g/mol. The van der Waals surface area contributed by atoms with Crippen LogP contribution in [0.15, 0.2) is 47.0 Å². The van der Waals surface area contributed by atoms with Gasteiger partial charge < -0.3 is 18.7 Å². The Balaban J connectivity index is 1.85. The van der Waals surface area contributed by atoms with Crippen molar-refractivity contribution < 1.29 is 18.7 Å². The molecule has 1 aromatic heterocycles. The summed E-state index contributed by atoms with van der Waals surface area (Å²) in [6.07, 6.45) is 0. The van der Waals surface area contributed by atoms with Crippen LogP contribution in [0.1, 0.15) is 19.7 Å². The minimum Gasteiger partial charge on any atom is -0.493 e. The number of ether oxygens (including phenoxy) is 3. The van der Waals surface area contributed by atoms with Gasteiger partial charge in [-0.15, -0.1) is 0 Å². The van der Waals surface area contributed by atoms with Crippen molar-refractivity contribution in [3.63, 3.8) is 0 Å². The maximum Gasteiger partial charge on any atom is 0.270 e. The Morgan fingerprint density at radius 1 is 0.962 bits per heavy atom. The van der Waals surface area contributed by atoms with Gasteiger partial charge in [0.2, 0.25) is 5.82 Å². The number of nitrogens with zero attached hydrogens (tertiary/aromatic N) is 2. The van der Waals surface area contributed by atoms with Crippen LogP contribution in [0.25, 0.3) is 11.4 Å². The lowest BCUT2D eigenvalue weighted by Gasteiger charge is -2.22. The van der Waals surface area contributed by atoms with Gasteiger partial charge in [-0.05, 0) is 56.3 Å². The van der Waals surface area contributed by atoms with E-state index in [1.807, 2.05) is 19.9 Å². The molecule has 0 aliphatic rings. The molecule has 1 heterocycles. The number of hydrogen-bond donors (Lipinski definition) is 0. The normalized spacial score (nSPS) is 11.3. The Labute approximate surface area is 156 Å². The third kappa shape index (κ3) is 3.75. The van der Waals surface area contributed by atoms with Crippen molar-refractivity contribution in [2.75, 3.05) is 14.2 Å². The summed E-state index contributed by atoms with van der Waals surface area (Å²) in [6.45, 7) is 3.71. The number of aromatic nitrogens is 2. The average Bonchev–Trinajstić information content (AvgIpc) is 3.14. The lowest BCUT2D eigenvalue weighted by molar-refractivity contribution is 0.0692. The lowest BCUT2D eigenvalue weighted by atomic mass is 10.1. The molecule has 3 rings (SSSR count). The third-order valence-corrected chi connectivity index (χ3v) is 4.02. The summed E-state index contributed by atoms with van der Waals surface area (Å²) in [5.41, 5.74) is -0.0599. The van der Waals surface area contributed by atoms with Crippen LogP contribution in [-0.4, -0.2) is 24.4 Å².